The van der Waals surface area contributed by atoms with Gasteiger partial charge in [-0.2, -0.15) is 4.98 Å². The smallest absolute Gasteiger partial charge is 0.407 e. The van der Waals surface area contributed by atoms with Crippen molar-refractivity contribution in [1.29, 1.82) is 0 Å². The Kier molecular flexibility index (Phi) is 7.22. The number of nitrogens with one attached hydrogen (secondary N) is 3. The fraction of sp³-hybridized carbons (Fsp3) is 0.455. The fourth-order valence-corrected chi connectivity index (χ4v) is 3.39. The second-order valence-electron chi connectivity index (χ2n) is 8.68. The zero-order chi connectivity index (χ0) is 24.2. The van der Waals surface area contributed by atoms with Gasteiger partial charge in [-0.1, -0.05) is 0 Å². The summed E-state index contributed by atoms with van der Waals surface area (Å²) in [5.41, 5.74) is 2.05. The number of amides is 1. The summed E-state index contributed by atoms with van der Waals surface area (Å²) < 4.78 is 10.4. The third-order valence-corrected chi connectivity index (χ3v) is 4.84. The van der Waals surface area contributed by atoms with Crippen LogP contribution in [0.15, 0.2) is 24.4 Å². The molecule has 1 amide bonds. The maximum atomic E-state index is 12.1. The van der Waals surface area contributed by atoms with Crippen LogP contribution in [-0.4, -0.2) is 63.6 Å². The molecule has 0 radical (unpaired) electrons. The van der Waals surface area contributed by atoms with E-state index in [0.29, 0.717) is 35.9 Å². The number of aliphatic hydroxyl groups excluding tert-OH is 1. The van der Waals surface area contributed by atoms with Crippen LogP contribution in [0, 0.1) is 0 Å². The van der Waals surface area contributed by atoms with Crippen molar-refractivity contribution in [3.05, 3.63) is 35.7 Å². The van der Waals surface area contributed by atoms with E-state index in [2.05, 4.69) is 25.9 Å². The van der Waals surface area contributed by atoms with E-state index in [1.165, 1.54) is 7.11 Å². The van der Waals surface area contributed by atoms with Gasteiger partial charge >= 0.3 is 12.1 Å². The molecule has 0 aliphatic heterocycles. The predicted molar refractivity (Wildman–Crippen MR) is 121 cm³/mol. The average Bonchev–Trinajstić information content (AvgIpc) is 2.72. The van der Waals surface area contributed by atoms with Gasteiger partial charge in [0.2, 0.25) is 5.88 Å². The minimum Gasteiger partial charge on any atom is -0.481 e. The molecule has 0 bridgehead atoms. The number of aliphatic hydroxyl groups is 1. The lowest BCUT2D eigenvalue weighted by molar-refractivity contribution is -0.134. The molecule has 1 aliphatic carbocycles. The molecule has 2 aromatic heterocycles. The normalized spacial score (nSPS) is 17.5. The van der Waals surface area contributed by atoms with Crippen LogP contribution in [0.2, 0.25) is 0 Å². The lowest BCUT2D eigenvalue weighted by atomic mass is 9.89. The Hall–Kier alpha value is -3.60. The molecule has 0 aromatic carbocycles. The highest BCUT2D eigenvalue weighted by atomic mass is 16.6. The molecule has 11 nitrogen and oxygen atoms in total. The fourth-order valence-electron chi connectivity index (χ4n) is 3.39. The van der Waals surface area contributed by atoms with Crippen molar-refractivity contribution in [2.75, 3.05) is 24.3 Å². The maximum absolute atomic E-state index is 12.1. The van der Waals surface area contributed by atoms with Gasteiger partial charge in [-0.25, -0.2) is 4.79 Å². The molecular weight excluding hydrogens is 430 g/mol. The number of alkyl carbamates (subject to hydrolysis) is 1. The molecule has 33 heavy (non-hydrogen) atoms. The van der Waals surface area contributed by atoms with E-state index in [1.807, 2.05) is 6.07 Å². The number of carboxylic acids is 1. The molecule has 0 saturated heterocycles. The Balaban J connectivity index is 1.75. The summed E-state index contributed by atoms with van der Waals surface area (Å²) >= 11 is 0. The first-order chi connectivity index (χ1) is 15.5. The highest BCUT2D eigenvalue weighted by Crippen LogP contribution is 2.29. The van der Waals surface area contributed by atoms with Gasteiger partial charge in [-0.3, -0.25) is 9.78 Å². The minimum absolute atomic E-state index is 0.274. The van der Waals surface area contributed by atoms with E-state index in [4.69, 9.17) is 14.6 Å². The molecule has 2 unspecified atom stereocenters. The molecule has 0 saturated carbocycles. The van der Waals surface area contributed by atoms with Crippen LogP contribution < -0.4 is 20.7 Å². The molecule has 2 atom stereocenters. The van der Waals surface area contributed by atoms with Crippen molar-refractivity contribution in [3.8, 4) is 5.88 Å². The van der Waals surface area contributed by atoms with Gasteiger partial charge in [0.15, 0.2) is 5.82 Å². The van der Waals surface area contributed by atoms with Crippen LogP contribution in [0.4, 0.5) is 22.0 Å². The molecule has 178 valence electrons. The Bertz CT molecular complexity index is 1020. The summed E-state index contributed by atoms with van der Waals surface area (Å²) in [6.45, 7) is 5.04. The summed E-state index contributed by atoms with van der Waals surface area (Å²) in [6.07, 6.45) is 0.888. The minimum atomic E-state index is -1.00. The van der Waals surface area contributed by atoms with E-state index in [1.54, 1.807) is 39.1 Å². The number of ether oxygens (including phenoxy) is 2. The number of hydrogen-bond donors (Lipinski definition) is 5. The van der Waals surface area contributed by atoms with Crippen molar-refractivity contribution in [2.24, 2.45) is 0 Å². The Morgan fingerprint density at radius 3 is 2.67 bits per heavy atom. The number of hydrogen-bond acceptors (Lipinski definition) is 9. The van der Waals surface area contributed by atoms with Gasteiger partial charge in [-0.05, 0) is 38.5 Å². The number of pyridine rings is 2. The van der Waals surface area contributed by atoms with Crippen molar-refractivity contribution < 1.29 is 29.3 Å². The highest BCUT2D eigenvalue weighted by Gasteiger charge is 2.30. The van der Waals surface area contributed by atoms with Crippen LogP contribution in [-0.2, 0) is 22.4 Å². The van der Waals surface area contributed by atoms with Gasteiger partial charge in [0.05, 0.1) is 36.8 Å². The third-order valence-electron chi connectivity index (χ3n) is 4.84. The van der Waals surface area contributed by atoms with Crippen LogP contribution in [0.1, 0.15) is 32.0 Å². The van der Waals surface area contributed by atoms with Crippen molar-refractivity contribution in [2.45, 2.75) is 51.4 Å². The van der Waals surface area contributed by atoms with E-state index in [9.17, 15) is 14.7 Å². The summed E-state index contributed by atoms with van der Waals surface area (Å²) in [4.78, 5) is 31.8. The lowest BCUT2D eigenvalue weighted by Crippen LogP contribution is -2.49. The first-order valence-corrected chi connectivity index (χ1v) is 10.5. The van der Waals surface area contributed by atoms with Crippen LogP contribution in [0.25, 0.3) is 0 Å². The number of carboxylic acid groups (broad SMARTS) is 1. The maximum Gasteiger partial charge on any atom is 0.407 e. The monoisotopic (exact) mass is 459 g/mol. The van der Waals surface area contributed by atoms with Crippen molar-refractivity contribution >= 4 is 29.3 Å². The predicted octanol–water partition coefficient (Wildman–Crippen LogP) is 2.08. The molecule has 2 heterocycles. The zero-order valence-electron chi connectivity index (χ0n) is 19.0. The third kappa shape index (κ3) is 6.69. The quantitative estimate of drug-likeness (QED) is 0.415. The van der Waals surface area contributed by atoms with E-state index >= 15 is 0 Å². The first-order valence-electron chi connectivity index (χ1n) is 10.5. The van der Waals surface area contributed by atoms with E-state index in [-0.39, 0.29) is 6.54 Å². The standard InChI is InChI=1S/C22H29N5O6/c1-22(2,3)33-21(31)26-16-9-15-12(8-17(16)28)7-13(10-23-15)25-20-14(24-11-19(29)30)5-6-18(27-20)32-4/h5-7,10,16-17,24,28H,8-9,11H2,1-4H3,(H,25,27)(H,26,31)(H,29,30). The number of anilines is 3. The van der Waals surface area contributed by atoms with Crippen molar-refractivity contribution in [3.63, 3.8) is 0 Å². The van der Waals surface area contributed by atoms with Crippen LogP contribution in [0.5, 0.6) is 5.88 Å². The van der Waals surface area contributed by atoms with Crippen molar-refractivity contribution in [1.82, 2.24) is 15.3 Å². The van der Waals surface area contributed by atoms with E-state index < -0.39 is 29.8 Å². The van der Waals surface area contributed by atoms with Crippen LogP contribution >= 0.6 is 0 Å². The number of rotatable bonds is 7. The summed E-state index contributed by atoms with van der Waals surface area (Å²) in [7, 11) is 1.49. The number of fused-ring (bicyclic) bond motifs is 1. The molecule has 11 heteroatoms. The summed E-state index contributed by atoms with van der Waals surface area (Å²) in [5, 5.41) is 28.2. The number of aliphatic carboxylic acids is 1. The first kappa shape index (κ1) is 24.1. The second-order valence-corrected chi connectivity index (χ2v) is 8.68. The van der Waals surface area contributed by atoms with Crippen LogP contribution in [0.3, 0.4) is 0 Å². The summed E-state index contributed by atoms with van der Waals surface area (Å²) in [5.74, 6) is -0.273. The zero-order valence-corrected chi connectivity index (χ0v) is 19.0. The SMILES string of the molecule is COc1ccc(NCC(=O)O)c(Nc2cnc3c(c2)CC(O)C(NC(=O)OC(C)(C)C)C3)n1. The molecular formula is C22H29N5O6. The highest BCUT2D eigenvalue weighted by molar-refractivity contribution is 5.77. The van der Waals surface area contributed by atoms with Gasteiger partial charge in [0.25, 0.3) is 0 Å². The van der Waals surface area contributed by atoms with Gasteiger partial charge in [0, 0.05) is 24.6 Å². The average molecular weight is 460 g/mol. The Morgan fingerprint density at radius 1 is 1.24 bits per heavy atom. The number of carbonyl (C=O) groups excluding carboxylic acids is 1. The second kappa shape index (κ2) is 9.90. The molecule has 1 aliphatic rings. The molecule has 0 fully saturated rings. The molecule has 3 rings (SSSR count). The van der Waals surface area contributed by atoms with Gasteiger partial charge in [0.1, 0.15) is 12.1 Å². The molecule has 0 spiro atoms. The van der Waals surface area contributed by atoms with Gasteiger partial charge in [-0.15, -0.1) is 0 Å². The number of nitrogens with zero attached hydrogens (tertiary/aromatic N) is 2. The van der Waals surface area contributed by atoms with Gasteiger partial charge < -0.3 is 35.6 Å². The topological polar surface area (TPSA) is 155 Å². The summed E-state index contributed by atoms with van der Waals surface area (Å²) in [6, 6.07) is 4.62. The Labute approximate surface area is 191 Å². The number of aromatic nitrogens is 2. The Morgan fingerprint density at radius 2 is 2.00 bits per heavy atom. The number of carbonyl (C=O) groups is 2. The largest absolute Gasteiger partial charge is 0.481 e. The molecule has 2 aromatic rings. The number of methoxy groups -OCH3 is 1. The van der Waals surface area contributed by atoms with E-state index in [0.717, 1.165) is 11.3 Å². The lowest BCUT2D eigenvalue weighted by Gasteiger charge is -2.31. The molecule has 5 N–H and O–H groups in total.